The fourth-order valence-corrected chi connectivity index (χ4v) is 2.84. The Morgan fingerprint density at radius 1 is 1.12 bits per heavy atom. The summed E-state index contributed by atoms with van der Waals surface area (Å²) in [4.78, 5) is 4.53. The molecular formula is C21H24N2O. The minimum atomic E-state index is -0.0950. The molecule has 0 radical (unpaired) electrons. The summed E-state index contributed by atoms with van der Waals surface area (Å²) in [5, 5.41) is 3.36. The molecule has 0 bridgehead atoms. The second-order valence-electron chi connectivity index (χ2n) is 6.50. The minimum Gasteiger partial charge on any atom is -0.374 e. The maximum Gasteiger partial charge on any atom is 0.0836 e. The van der Waals surface area contributed by atoms with E-state index in [1.165, 1.54) is 11.1 Å². The van der Waals surface area contributed by atoms with Crippen molar-refractivity contribution in [1.82, 2.24) is 5.32 Å². The van der Waals surface area contributed by atoms with Crippen LogP contribution in [0.1, 0.15) is 24.5 Å². The zero-order chi connectivity index (χ0) is 16.7. The lowest BCUT2D eigenvalue weighted by molar-refractivity contribution is 0.0658. The summed E-state index contributed by atoms with van der Waals surface area (Å²) in [6, 6.07) is 20.8. The van der Waals surface area contributed by atoms with Gasteiger partial charge in [-0.15, -0.1) is 0 Å². The van der Waals surface area contributed by atoms with Crippen molar-refractivity contribution in [2.75, 3.05) is 6.61 Å². The van der Waals surface area contributed by atoms with Crippen molar-refractivity contribution in [3.63, 3.8) is 0 Å². The second-order valence-corrected chi connectivity index (χ2v) is 6.50. The Balaban J connectivity index is 1.53. The number of ether oxygens (including phenoxy) is 1. The summed E-state index contributed by atoms with van der Waals surface area (Å²) in [5.41, 5.74) is 2.31. The summed E-state index contributed by atoms with van der Waals surface area (Å²) >= 11 is 0. The molecule has 1 aliphatic heterocycles. The molecule has 124 valence electrons. The fraction of sp³-hybridized carbons (Fsp3) is 0.286. The van der Waals surface area contributed by atoms with Crippen molar-refractivity contribution in [2.24, 2.45) is 4.99 Å². The molecule has 1 heterocycles. The lowest BCUT2D eigenvalue weighted by Gasteiger charge is -2.34. The van der Waals surface area contributed by atoms with E-state index in [9.17, 15) is 0 Å². The van der Waals surface area contributed by atoms with Crippen LogP contribution in [0.2, 0.25) is 0 Å². The molecule has 0 saturated heterocycles. The van der Waals surface area contributed by atoms with Crippen LogP contribution in [0.5, 0.6) is 0 Å². The largest absolute Gasteiger partial charge is 0.374 e. The van der Waals surface area contributed by atoms with Gasteiger partial charge in [0.25, 0.3) is 0 Å². The number of nitrogens with zero attached hydrogens (tertiary/aromatic N) is 1. The quantitative estimate of drug-likeness (QED) is 0.870. The zero-order valence-corrected chi connectivity index (χ0v) is 14.1. The first-order valence-corrected chi connectivity index (χ1v) is 8.38. The van der Waals surface area contributed by atoms with Gasteiger partial charge in [-0.05, 0) is 24.5 Å². The SMILES string of the molecule is C[C@@]1(COCc2ccccc2)C[C@@H](/C=C/c2ccccc2)N=CN1. The van der Waals surface area contributed by atoms with E-state index < -0.39 is 0 Å². The number of rotatable bonds is 6. The summed E-state index contributed by atoms with van der Waals surface area (Å²) in [7, 11) is 0. The molecule has 0 aliphatic carbocycles. The minimum absolute atomic E-state index is 0.0950. The lowest BCUT2D eigenvalue weighted by atomic mass is 9.92. The smallest absolute Gasteiger partial charge is 0.0836 e. The van der Waals surface area contributed by atoms with Gasteiger partial charge >= 0.3 is 0 Å². The predicted octanol–water partition coefficient (Wildman–Crippen LogP) is 4.07. The molecule has 2 aromatic carbocycles. The molecule has 0 unspecified atom stereocenters. The Kier molecular flexibility index (Phi) is 5.44. The Morgan fingerprint density at radius 2 is 1.83 bits per heavy atom. The van der Waals surface area contributed by atoms with Crippen molar-refractivity contribution in [1.29, 1.82) is 0 Å². The molecule has 3 heteroatoms. The number of benzene rings is 2. The lowest BCUT2D eigenvalue weighted by Crippen LogP contribution is -2.50. The van der Waals surface area contributed by atoms with Crippen molar-refractivity contribution in [2.45, 2.75) is 31.5 Å². The molecule has 24 heavy (non-hydrogen) atoms. The van der Waals surface area contributed by atoms with Gasteiger partial charge in [-0.25, -0.2) is 0 Å². The molecule has 0 amide bonds. The van der Waals surface area contributed by atoms with Gasteiger partial charge < -0.3 is 10.1 Å². The topological polar surface area (TPSA) is 33.6 Å². The zero-order valence-electron chi connectivity index (χ0n) is 14.1. The second kappa shape index (κ2) is 7.93. The molecule has 0 saturated carbocycles. The predicted molar refractivity (Wildman–Crippen MR) is 100 cm³/mol. The molecule has 3 rings (SSSR count). The molecule has 0 fully saturated rings. The van der Waals surface area contributed by atoms with Gasteiger partial charge in [-0.2, -0.15) is 0 Å². The fourth-order valence-electron chi connectivity index (χ4n) is 2.84. The van der Waals surface area contributed by atoms with E-state index in [0.29, 0.717) is 13.2 Å². The summed E-state index contributed by atoms with van der Waals surface area (Å²) in [6.45, 7) is 3.48. The van der Waals surface area contributed by atoms with Crippen LogP contribution in [0.3, 0.4) is 0 Å². The van der Waals surface area contributed by atoms with Gasteiger partial charge in [-0.3, -0.25) is 4.99 Å². The van der Waals surface area contributed by atoms with E-state index in [1.807, 2.05) is 42.7 Å². The van der Waals surface area contributed by atoms with Crippen LogP contribution < -0.4 is 5.32 Å². The van der Waals surface area contributed by atoms with Crippen LogP contribution in [0, 0.1) is 0 Å². The highest BCUT2D eigenvalue weighted by atomic mass is 16.5. The van der Waals surface area contributed by atoms with Gasteiger partial charge in [0.2, 0.25) is 0 Å². The average Bonchev–Trinajstić information content (AvgIpc) is 2.62. The molecule has 0 spiro atoms. The first-order valence-electron chi connectivity index (χ1n) is 8.38. The van der Waals surface area contributed by atoms with Gasteiger partial charge in [0, 0.05) is 0 Å². The van der Waals surface area contributed by atoms with Crippen molar-refractivity contribution in [3.05, 3.63) is 77.9 Å². The third-order valence-electron chi connectivity index (χ3n) is 4.18. The third kappa shape index (κ3) is 4.80. The number of nitrogens with one attached hydrogen (secondary N) is 1. The summed E-state index contributed by atoms with van der Waals surface area (Å²) in [6.07, 6.45) is 7.04. The standard InChI is InChI=1S/C21H24N2O/c1-21(16-24-15-19-10-6-3-7-11-19)14-20(22-17-23-21)13-12-18-8-4-2-5-9-18/h2-13,17,20H,14-16H2,1H3,(H,22,23)/b13-12+/t20-,21+/m1/s1. The van der Waals surface area contributed by atoms with E-state index in [-0.39, 0.29) is 11.6 Å². The number of hydrogen-bond acceptors (Lipinski definition) is 3. The van der Waals surface area contributed by atoms with E-state index in [2.05, 4.69) is 53.7 Å². The molecular weight excluding hydrogens is 296 g/mol. The summed E-state index contributed by atoms with van der Waals surface area (Å²) in [5.74, 6) is 0. The maximum atomic E-state index is 5.93. The summed E-state index contributed by atoms with van der Waals surface area (Å²) < 4.78 is 5.93. The Hall–Kier alpha value is -2.39. The first-order chi connectivity index (χ1) is 11.7. The molecule has 2 atom stereocenters. The van der Waals surface area contributed by atoms with E-state index >= 15 is 0 Å². The van der Waals surface area contributed by atoms with Crippen LogP contribution >= 0.6 is 0 Å². The van der Waals surface area contributed by atoms with Gasteiger partial charge in [-0.1, -0.05) is 72.8 Å². The van der Waals surface area contributed by atoms with Gasteiger partial charge in [0.1, 0.15) is 0 Å². The Bertz CT molecular complexity index is 681. The normalized spacial score (nSPS) is 23.3. The molecule has 3 nitrogen and oxygen atoms in total. The van der Waals surface area contributed by atoms with Crippen molar-refractivity contribution < 1.29 is 4.74 Å². The average molecular weight is 320 g/mol. The Labute approximate surface area is 144 Å². The number of aliphatic imine (C=N–C) groups is 1. The van der Waals surface area contributed by atoms with Crippen molar-refractivity contribution in [3.8, 4) is 0 Å². The van der Waals surface area contributed by atoms with Crippen LogP contribution in [0.15, 0.2) is 71.7 Å². The van der Waals surface area contributed by atoms with E-state index in [4.69, 9.17) is 4.74 Å². The van der Waals surface area contributed by atoms with E-state index in [0.717, 1.165) is 6.42 Å². The van der Waals surface area contributed by atoms with Crippen molar-refractivity contribution >= 4 is 12.4 Å². The highest BCUT2D eigenvalue weighted by Crippen LogP contribution is 2.20. The highest BCUT2D eigenvalue weighted by molar-refractivity contribution is 5.59. The van der Waals surface area contributed by atoms with Crippen LogP contribution in [0.25, 0.3) is 6.08 Å². The monoisotopic (exact) mass is 320 g/mol. The first kappa shape index (κ1) is 16.5. The van der Waals surface area contributed by atoms with Gasteiger partial charge in [0.15, 0.2) is 0 Å². The highest BCUT2D eigenvalue weighted by Gasteiger charge is 2.29. The Morgan fingerprint density at radius 3 is 2.58 bits per heavy atom. The van der Waals surface area contributed by atoms with Crippen LogP contribution in [-0.4, -0.2) is 24.5 Å². The maximum absolute atomic E-state index is 5.93. The molecule has 0 aromatic heterocycles. The number of hydrogen-bond donors (Lipinski definition) is 1. The molecule has 1 aliphatic rings. The molecule has 2 aromatic rings. The van der Waals surface area contributed by atoms with Gasteiger partial charge in [0.05, 0.1) is 31.1 Å². The van der Waals surface area contributed by atoms with E-state index in [1.54, 1.807) is 0 Å². The van der Waals surface area contributed by atoms with Crippen LogP contribution in [0.4, 0.5) is 0 Å². The van der Waals surface area contributed by atoms with Crippen LogP contribution in [-0.2, 0) is 11.3 Å². The third-order valence-corrected chi connectivity index (χ3v) is 4.18. The molecule has 1 N–H and O–H groups in total.